The van der Waals surface area contributed by atoms with E-state index >= 15 is 0 Å². The minimum absolute atomic E-state index is 0. The summed E-state index contributed by atoms with van der Waals surface area (Å²) in [5, 5.41) is 13.6. The molecular formula is HNO3Th. The van der Waals surface area contributed by atoms with Crippen LogP contribution in [0.15, 0.2) is 0 Å². The van der Waals surface area contributed by atoms with E-state index in [1.54, 1.807) is 0 Å². The zero-order valence-corrected chi connectivity index (χ0v) is 6.32. The molecule has 0 unspecified atom stereocenters. The Morgan fingerprint density at radius 1 is 1.80 bits per heavy atom. The van der Waals surface area contributed by atoms with Gasteiger partial charge in [0.05, 0.1) is 0 Å². The molecule has 0 radical (unpaired) electrons. The van der Waals surface area contributed by atoms with E-state index in [0.717, 1.165) is 0 Å². The van der Waals surface area contributed by atoms with Gasteiger partial charge in [0.15, 0.2) is 0 Å². The molecule has 0 amide bonds. The van der Waals surface area contributed by atoms with Crippen molar-refractivity contribution in [3.8, 4) is 0 Å². The minimum atomic E-state index is -1.50. The van der Waals surface area contributed by atoms with Gasteiger partial charge in [-0.05, 0) is 0 Å². The molecule has 0 saturated heterocycles. The smallest absolute Gasteiger partial charge is 0.291 e. The largest absolute Gasteiger partial charge is 0.328 e. The Bertz CT molecular complexity index is 29.9. The fourth-order valence-electron chi connectivity index (χ4n) is 0. The van der Waals surface area contributed by atoms with E-state index in [4.69, 9.17) is 15.3 Å². The van der Waals surface area contributed by atoms with Gasteiger partial charge in [-0.2, -0.15) is 0 Å². The molecule has 0 aromatic rings. The summed E-state index contributed by atoms with van der Waals surface area (Å²) in [4.78, 5) is 8.36. The number of hydrogen-bond acceptors (Lipinski definition) is 2. The topological polar surface area (TPSA) is 63.4 Å². The van der Waals surface area contributed by atoms with Crippen LogP contribution in [0, 0.1) is 50.1 Å². The molecule has 5 heteroatoms. The molecule has 0 aliphatic carbocycles. The molecule has 0 bridgehead atoms. The van der Waals surface area contributed by atoms with E-state index in [9.17, 15) is 0 Å². The number of hydrogen-bond donors (Lipinski definition) is 1. The Morgan fingerprint density at radius 2 is 1.80 bits per heavy atom. The van der Waals surface area contributed by atoms with E-state index in [-0.39, 0.29) is 39.9 Å². The Balaban J connectivity index is 0. The van der Waals surface area contributed by atoms with Gasteiger partial charge in [0.2, 0.25) is 0 Å². The van der Waals surface area contributed by atoms with Crippen molar-refractivity contribution in [1.82, 2.24) is 0 Å². The molecule has 0 aromatic heterocycles. The first-order valence-electron chi connectivity index (χ1n) is 0.565. The summed E-state index contributed by atoms with van der Waals surface area (Å²) in [5.74, 6) is 0. The van der Waals surface area contributed by atoms with Crippen molar-refractivity contribution in [3.63, 3.8) is 0 Å². The van der Waals surface area contributed by atoms with Crippen LogP contribution >= 0.6 is 0 Å². The van der Waals surface area contributed by atoms with Crippen molar-refractivity contribution in [2.75, 3.05) is 0 Å². The summed E-state index contributed by atoms with van der Waals surface area (Å²) >= 11 is 0. The van der Waals surface area contributed by atoms with Crippen molar-refractivity contribution in [3.05, 3.63) is 10.1 Å². The van der Waals surface area contributed by atoms with Crippen LogP contribution in [-0.4, -0.2) is 10.3 Å². The quantitative estimate of drug-likeness (QED) is 0.491. The van der Waals surface area contributed by atoms with Crippen LogP contribution in [-0.2, 0) is 0 Å². The maximum atomic E-state index is 8.36. The van der Waals surface area contributed by atoms with Gasteiger partial charge < -0.3 is 5.21 Å². The van der Waals surface area contributed by atoms with Gasteiger partial charge in [-0.25, -0.2) is 0 Å². The first-order valence-corrected chi connectivity index (χ1v) is 0.565. The fourth-order valence-corrected chi connectivity index (χ4v) is 0. The van der Waals surface area contributed by atoms with Crippen LogP contribution in [0.3, 0.4) is 0 Å². The third kappa shape index (κ3) is 105. The van der Waals surface area contributed by atoms with Crippen LogP contribution < -0.4 is 0 Å². The average molecular weight is 295 g/mol. The van der Waals surface area contributed by atoms with Gasteiger partial charge in [0.25, 0.3) is 5.09 Å². The van der Waals surface area contributed by atoms with Gasteiger partial charge in [-0.3, -0.25) is 0 Å². The summed E-state index contributed by atoms with van der Waals surface area (Å²) in [6.07, 6.45) is 0. The van der Waals surface area contributed by atoms with Crippen LogP contribution in [0.2, 0.25) is 0 Å². The maximum Gasteiger partial charge on any atom is 0.291 e. The van der Waals surface area contributed by atoms with Gasteiger partial charge >= 0.3 is 0 Å². The normalized spacial score (nSPS) is 4.80. The summed E-state index contributed by atoms with van der Waals surface area (Å²) in [6.45, 7) is 0. The molecule has 28 valence electrons. The zero-order valence-electron chi connectivity index (χ0n) is 2.21. The Hall–Kier alpha value is 0.525. The molecule has 0 heterocycles. The van der Waals surface area contributed by atoms with E-state index in [2.05, 4.69) is 0 Å². The van der Waals surface area contributed by atoms with Crippen molar-refractivity contribution in [1.29, 1.82) is 0 Å². The van der Waals surface area contributed by atoms with Crippen LogP contribution in [0.1, 0.15) is 0 Å². The summed E-state index contributed by atoms with van der Waals surface area (Å²) in [7, 11) is 0. The van der Waals surface area contributed by atoms with Crippen LogP contribution in [0.4, 0.5) is 0 Å². The van der Waals surface area contributed by atoms with Crippen LogP contribution in [0.25, 0.3) is 0 Å². The first-order chi connectivity index (χ1) is 1.73. The summed E-state index contributed by atoms with van der Waals surface area (Å²) in [6, 6.07) is 0. The van der Waals surface area contributed by atoms with E-state index in [1.165, 1.54) is 0 Å². The summed E-state index contributed by atoms with van der Waals surface area (Å²) in [5.41, 5.74) is 0. The fraction of sp³-hybridized carbons (Fsp3) is 0. The van der Waals surface area contributed by atoms with Crippen molar-refractivity contribution >= 4 is 0 Å². The van der Waals surface area contributed by atoms with E-state index in [1.807, 2.05) is 0 Å². The van der Waals surface area contributed by atoms with Crippen molar-refractivity contribution < 1.29 is 50.2 Å². The summed E-state index contributed by atoms with van der Waals surface area (Å²) < 4.78 is 0. The molecule has 0 aliphatic rings. The second-order valence-corrected chi connectivity index (χ2v) is 0.238. The number of nitrogens with zero attached hydrogens (tertiary/aromatic N) is 1. The standard InChI is InChI=1S/HNO3.Th/c2-1(3)4;/h(H,2,3,4);. The molecular weight excluding hydrogens is 294 g/mol. The first kappa shape index (κ1) is 9.10. The molecule has 0 atom stereocenters. The Morgan fingerprint density at radius 3 is 1.80 bits per heavy atom. The average Bonchev–Trinajstić information content (AvgIpc) is 0.811. The zero-order chi connectivity index (χ0) is 3.58. The molecule has 0 spiro atoms. The minimum Gasteiger partial charge on any atom is -0.328 e. The molecule has 4 nitrogen and oxygen atoms in total. The molecule has 0 fully saturated rings. The number of rotatable bonds is 0. The van der Waals surface area contributed by atoms with Gasteiger partial charge in [-0.1, -0.05) is 0 Å². The van der Waals surface area contributed by atoms with Crippen LogP contribution in [0.5, 0.6) is 0 Å². The predicted molar refractivity (Wildman–Crippen MR) is 8.78 cm³/mol. The van der Waals surface area contributed by atoms with Gasteiger partial charge in [-0.15, -0.1) is 10.1 Å². The third-order valence-electron chi connectivity index (χ3n) is 0. The SMILES string of the molecule is O=[N+]([O-])O.[Th]. The predicted octanol–water partition coefficient (Wildman–Crippen LogP) is -0.348. The Kier molecular flexibility index (Phi) is 8.24. The maximum absolute atomic E-state index is 8.36. The molecule has 0 rings (SSSR count). The molecule has 5 heavy (non-hydrogen) atoms. The van der Waals surface area contributed by atoms with Crippen molar-refractivity contribution in [2.45, 2.75) is 0 Å². The molecule has 0 aromatic carbocycles. The van der Waals surface area contributed by atoms with E-state index in [0.29, 0.717) is 0 Å². The molecule has 0 saturated carbocycles. The van der Waals surface area contributed by atoms with E-state index < -0.39 is 5.09 Å². The monoisotopic (exact) mass is 295 g/mol. The second-order valence-electron chi connectivity index (χ2n) is 0.238. The Labute approximate surface area is 60.0 Å². The van der Waals surface area contributed by atoms with Crippen molar-refractivity contribution in [2.24, 2.45) is 0 Å². The second kappa shape index (κ2) is 4.52. The third-order valence-corrected chi connectivity index (χ3v) is 0. The van der Waals surface area contributed by atoms with Gasteiger partial charge in [0.1, 0.15) is 0 Å². The molecule has 0 aliphatic heterocycles. The molecule has 1 N–H and O–H groups in total. The van der Waals surface area contributed by atoms with Gasteiger partial charge in [0, 0.05) is 39.9 Å².